The summed E-state index contributed by atoms with van der Waals surface area (Å²) in [6.07, 6.45) is 7.48. The van der Waals surface area contributed by atoms with Gasteiger partial charge in [0.1, 0.15) is 11.6 Å². The monoisotopic (exact) mass is 511 g/mol. The van der Waals surface area contributed by atoms with Crippen LogP contribution in [0.25, 0.3) is 0 Å². The van der Waals surface area contributed by atoms with Crippen molar-refractivity contribution in [1.29, 1.82) is 0 Å². The number of nitrogens with two attached hydrogens (primary N) is 1. The van der Waals surface area contributed by atoms with Crippen LogP contribution in [0.5, 0.6) is 5.75 Å². The van der Waals surface area contributed by atoms with Crippen LogP contribution in [0, 0.1) is 17.6 Å². The van der Waals surface area contributed by atoms with Crippen molar-refractivity contribution >= 4 is 11.9 Å². The van der Waals surface area contributed by atoms with E-state index in [2.05, 4.69) is 31.9 Å². The summed E-state index contributed by atoms with van der Waals surface area (Å²) in [4.78, 5) is 17.6. The number of aromatic nitrogens is 4. The van der Waals surface area contributed by atoms with Crippen molar-refractivity contribution in [3.63, 3.8) is 0 Å². The first-order valence-corrected chi connectivity index (χ1v) is 12.9. The van der Waals surface area contributed by atoms with E-state index in [-0.39, 0.29) is 22.9 Å². The van der Waals surface area contributed by atoms with E-state index < -0.39 is 11.6 Å². The molecular weight excluding hydrogens is 480 g/mol. The van der Waals surface area contributed by atoms with Gasteiger partial charge in [-0.25, -0.2) is 18.7 Å². The Balaban J connectivity index is 0.993. The van der Waals surface area contributed by atoms with Crippen molar-refractivity contribution in [2.45, 2.75) is 50.0 Å². The summed E-state index contributed by atoms with van der Waals surface area (Å²) in [5.41, 5.74) is 6.63. The summed E-state index contributed by atoms with van der Waals surface area (Å²) in [6.45, 7) is 5.35. The van der Waals surface area contributed by atoms with Crippen LogP contribution in [0.3, 0.4) is 0 Å². The lowest BCUT2D eigenvalue weighted by Crippen LogP contribution is -2.36. The Kier molecular flexibility index (Phi) is 6.18. The molecule has 2 aliphatic heterocycles. The van der Waals surface area contributed by atoms with Gasteiger partial charge in [-0.3, -0.25) is 0 Å². The summed E-state index contributed by atoms with van der Waals surface area (Å²) in [7, 11) is 0. The van der Waals surface area contributed by atoms with Gasteiger partial charge in [0, 0.05) is 43.6 Å². The van der Waals surface area contributed by atoms with E-state index >= 15 is 0 Å². The summed E-state index contributed by atoms with van der Waals surface area (Å²) < 4.78 is 39.4. The molecule has 1 saturated carbocycles. The fourth-order valence-electron chi connectivity index (χ4n) is 5.17. The van der Waals surface area contributed by atoms with Gasteiger partial charge in [0.15, 0.2) is 5.75 Å². The summed E-state index contributed by atoms with van der Waals surface area (Å²) >= 11 is 0. The van der Waals surface area contributed by atoms with Crippen molar-refractivity contribution in [3.8, 4) is 5.75 Å². The zero-order chi connectivity index (χ0) is 25.6. The van der Waals surface area contributed by atoms with E-state index in [0.29, 0.717) is 43.3 Å². The molecule has 0 bridgehead atoms. The number of ether oxygens (including phenoxy) is 1. The maximum absolute atomic E-state index is 14.3. The van der Waals surface area contributed by atoms with Crippen molar-refractivity contribution in [3.05, 3.63) is 53.7 Å². The van der Waals surface area contributed by atoms with E-state index in [9.17, 15) is 8.78 Å². The molecule has 2 N–H and O–H groups in total. The highest BCUT2D eigenvalue weighted by Crippen LogP contribution is 2.47. The fourth-order valence-corrected chi connectivity index (χ4v) is 5.17. The van der Waals surface area contributed by atoms with Gasteiger partial charge in [0.25, 0.3) is 5.95 Å². The second-order valence-corrected chi connectivity index (χ2v) is 10.8. The number of hydrogen-bond acceptors (Lipinski definition) is 9. The van der Waals surface area contributed by atoms with Gasteiger partial charge in [-0.15, -0.1) is 0 Å². The summed E-state index contributed by atoms with van der Waals surface area (Å²) in [5, 5.41) is 4.19. The smallest absolute Gasteiger partial charge is 0.266 e. The van der Waals surface area contributed by atoms with Crippen molar-refractivity contribution in [2.24, 2.45) is 11.7 Å². The first-order valence-electron chi connectivity index (χ1n) is 12.9. The van der Waals surface area contributed by atoms with Crippen molar-refractivity contribution in [2.75, 3.05) is 42.6 Å². The molecule has 2 saturated heterocycles. The van der Waals surface area contributed by atoms with Gasteiger partial charge < -0.3 is 24.8 Å². The molecule has 0 unspecified atom stereocenters. The van der Waals surface area contributed by atoms with E-state index in [4.69, 9.17) is 15.0 Å². The molecule has 1 aliphatic carbocycles. The first-order chi connectivity index (χ1) is 17.9. The Morgan fingerprint density at radius 2 is 1.84 bits per heavy atom. The summed E-state index contributed by atoms with van der Waals surface area (Å²) in [5.74, 6) is 1.70. The predicted molar refractivity (Wildman–Crippen MR) is 133 cm³/mol. The molecule has 37 heavy (non-hydrogen) atoms. The number of piperidine rings is 1. The van der Waals surface area contributed by atoms with Crippen LogP contribution in [0.1, 0.15) is 50.0 Å². The summed E-state index contributed by atoms with van der Waals surface area (Å²) in [6, 6.07) is 3.13. The molecule has 0 spiro atoms. The van der Waals surface area contributed by atoms with Gasteiger partial charge >= 0.3 is 0 Å². The Hall–Kier alpha value is -3.34. The molecule has 3 aliphatic rings. The highest BCUT2D eigenvalue weighted by molar-refractivity contribution is 5.39. The highest BCUT2D eigenvalue weighted by atomic mass is 19.1. The van der Waals surface area contributed by atoms with Gasteiger partial charge in [-0.1, -0.05) is 6.92 Å². The molecule has 0 amide bonds. The molecule has 2 atom stereocenters. The van der Waals surface area contributed by atoms with E-state index in [1.807, 2.05) is 4.90 Å². The Morgan fingerprint density at radius 3 is 2.57 bits per heavy atom. The third kappa shape index (κ3) is 4.96. The normalized spacial score (nSPS) is 23.5. The van der Waals surface area contributed by atoms with Crippen LogP contribution >= 0.6 is 0 Å². The topological polar surface area (TPSA) is 106 Å². The van der Waals surface area contributed by atoms with E-state index in [1.54, 1.807) is 12.4 Å². The van der Waals surface area contributed by atoms with E-state index in [0.717, 1.165) is 56.8 Å². The molecule has 3 fully saturated rings. The number of rotatable bonds is 7. The minimum absolute atomic E-state index is 0.0801. The Bertz CT molecular complexity index is 1240. The van der Waals surface area contributed by atoms with E-state index in [1.165, 1.54) is 6.07 Å². The Morgan fingerprint density at radius 1 is 1.08 bits per heavy atom. The number of nitrogens with zero attached hydrogens (tertiary/aromatic N) is 6. The van der Waals surface area contributed by atoms with Crippen LogP contribution in [-0.4, -0.2) is 58.9 Å². The number of anilines is 2. The molecule has 2 aromatic heterocycles. The number of halogens is 2. The van der Waals surface area contributed by atoms with Crippen LogP contribution < -0.4 is 20.3 Å². The quantitative estimate of drug-likeness (QED) is 0.511. The van der Waals surface area contributed by atoms with Gasteiger partial charge in [0.05, 0.1) is 19.0 Å². The van der Waals surface area contributed by atoms with Crippen LogP contribution in [0.2, 0.25) is 0 Å². The molecule has 0 radical (unpaired) electrons. The molecule has 11 heteroatoms. The number of hydrogen-bond donors (Lipinski definition) is 1. The number of benzene rings is 1. The first kappa shape index (κ1) is 24.0. The van der Waals surface area contributed by atoms with Gasteiger partial charge in [-0.2, -0.15) is 4.98 Å². The van der Waals surface area contributed by atoms with Crippen molar-refractivity contribution < 1.29 is 18.0 Å². The molecular formula is C26H31F2N7O2. The maximum Gasteiger partial charge on any atom is 0.266 e. The molecule has 4 heterocycles. The van der Waals surface area contributed by atoms with Crippen LogP contribution in [0.15, 0.2) is 35.1 Å². The molecule has 196 valence electrons. The largest absolute Gasteiger partial charge is 0.490 e. The maximum atomic E-state index is 14.3. The minimum atomic E-state index is -0.475. The van der Waals surface area contributed by atoms with Gasteiger partial charge in [-0.05, 0) is 60.5 Å². The highest BCUT2D eigenvalue weighted by Gasteiger charge is 2.45. The lowest BCUT2D eigenvalue weighted by molar-refractivity contribution is 0.221. The molecule has 6 rings (SSSR count). The second kappa shape index (κ2) is 9.51. The van der Waals surface area contributed by atoms with Crippen molar-refractivity contribution in [1.82, 2.24) is 20.1 Å². The van der Waals surface area contributed by atoms with Crippen LogP contribution in [0.4, 0.5) is 20.7 Å². The third-order valence-corrected chi connectivity index (χ3v) is 7.93. The zero-order valence-corrected chi connectivity index (χ0v) is 20.8. The lowest BCUT2D eigenvalue weighted by Gasteiger charge is -2.30. The third-order valence-electron chi connectivity index (χ3n) is 7.93. The van der Waals surface area contributed by atoms with Crippen LogP contribution in [-0.2, 0) is 5.41 Å². The fraction of sp³-hybridized carbons (Fsp3) is 0.538. The van der Waals surface area contributed by atoms with Gasteiger partial charge in [0.2, 0.25) is 11.8 Å². The standard InChI is InChI=1S/C26H31F2N7O2/c1-26(6-7-26)23-32-25(33-37-23)34-8-4-16(5-9-34)15-36-18-11-30-24(31-12-18)35-13-20(22(29)14-35)19-10-17(27)2-3-21(19)28/h2-3,10-12,16,20,22H,4-9,13-15,29H2,1H3/t20-,22+/m1/s1. The molecule has 9 nitrogen and oxygen atoms in total. The Labute approximate surface area is 214 Å². The SMILES string of the molecule is CC1(c2nc(N3CCC(COc4cnc(N5C[C@H](c6cc(F)ccc6F)[C@@H](N)C5)nc4)CC3)no2)CC1. The predicted octanol–water partition coefficient (Wildman–Crippen LogP) is 3.42. The average molecular weight is 512 g/mol. The zero-order valence-electron chi connectivity index (χ0n) is 20.8. The second-order valence-electron chi connectivity index (χ2n) is 10.8. The molecule has 1 aromatic carbocycles. The lowest BCUT2D eigenvalue weighted by atomic mass is 9.94. The average Bonchev–Trinajstić information content (AvgIpc) is 3.29. The minimum Gasteiger partial charge on any atom is -0.490 e. The molecule has 3 aromatic rings.